The lowest BCUT2D eigenvalue weighted by molar-refractivity contribution is -0.142. The number of piperazine rings is 1. The molecule has 0 aliphatic carbocycles. The van der Waals surface area contributed by atoms with Crippen LogP contribution in [0, 0.1) is 0 Å². The molecule has 1 aliphatic rings. The van der Waals surface area contributed by atoms with Gasteiger partial charge in [0.1, 0.15) is 0 Å². The molecule has 0 saturated carbocycles. The van der Waals surface area contributed by atoms with E-state index in [-0.39, 0.29) is 58.8 Å². The van der Waals surface area contributed by atoms with Gasteiger partial charge in [-0.05, 0) is 24.3 Å². The van der Waals surface area contributed by atoms with Crippen LogP contribution in [-0.4, -0.2) is 84.6 Å². The van der Waals surface area contributed by atoms with Gasteiger partial charge in [-0.15, -0.1) is 10.2 Å². The highest BCUT2D eigenvalue weighted by Crippen LogP contribution is 2.37. The maximum atomic E-state index is 14.1. The molecule has 1 amide bonds. The normalized spacial score (nSPS) is 15.2. The van der Waals surface area contributed by atoms with Gasteiger partial charge in [0.05, 0.1) is 53.9 Å². The number of aromatic nitrogens is 7. The number of nitrogens with zero attached hydrogens (tertiary/aromatic N) is 8. The van der Waals surface area contributed by atoms with Crippen LogP contribution in [0.4, 0.5) is 24.7 Å². The number of carbonyl (C=O) groups is 2. The summed E-state index contributed by atoms with van der Waals surface area (Å²) < 4.78 is 55.0. The maximum absolute atomic E-state index is 14.1. The molecule has 4 aromatic heterocycles. The summed E-state index contributed by atoms with van der Waals surface area (Å²) in [5.41, 5.74) is 0.0733. The second-order valence-corrected chi connectivity index (χ2v) is 10.4. The number of ether oxygens (including phenoxy) is 2. The van der Waals surface area contributed by atoms with E-state index in [1.165, 1.54) is 53.3 Å². The number of fused-ring (bicyclic) bond motifs is 1. The fourth-order valence-electron chi connectivity index (χ4n) is 4.97. The second-order valence-electron chi connectivity index (χ2n) is 9.98. The number of amides is 1. The Morgan fingerprint density at radius 1 is 1.22 bits per heavy atom. The van der Waals surface area contributed by atoms with Crippen LogP contribution < -0.4 is 15.4 Å². The van der Waals surface area contributed by atoms with Crippen molar-refractivity contribution in [2.45, 2.75) is 18.9 Å². The first-order valence-electron chi connectivity index (χ1n) is 13.7. The summed E-state index contributed by atoms with van der Waals surface area (Å²) in [5.74, 6) is 0.0777. The van der Waals surface area contributed by atoms with Gasteiger partial charge in [-0.2, -0.15) is 18.3 Å². The topological polar surface area (TPSA) is 154 Å². The lowest BCUT2D eigenvalue weighted by Crippen LogP contribution is -2.54. The number of benzene rings is 1. The average molecular weight is 657 g/mol. The van der Waals surface area contributed by atoms with Gasteiger partial charge >= 0.3 is 6.18 Å². The minimum absolute atomic E-state index is 0.0656. The van der Waals surface area contributed by atoms with Crippen molar-refractivity contribution in [2.75, 3.05) is 32.1 Å². The first-order chi connectivity index (χ1) is 22.2. The summed E-state index contributed by atoms with van der Waals surface area (Å²) in [6.45, 7) is 1.34. The lowest BCUT2D eigenvalue weighted by Gasteiger charge is -2.34. The number of hydrogen-bond donors (Lipinski definition) is 2. The molecule has 46 heavy (non-hydrogen) atoms. The summed E-state index contributed by atoms with van der Waals surface area (Å²) >= 11 is 6.49. The smallest absolute Gasteiger partial charge is 0.435 e. The van der Waals surface area contributed by atoms with Crippen molar-refractivity contribution >= 4 is 41.1 Å². The highest BCUT2D eigenvalue weighted by Gasteiger charge is 2.38. The molecule has 0 spiro atoms. The quantitative estimate of drug-likeness (QED) is 0.224. The van der Waals surface area contributed by atoms with Gasteiger partial charge in [0.25, 0.3) is 12.4 Å². The molecule has 1 atom stereocenters. The fraction of sp³-hybridized carbons (Fsp3) is 0.250. The van der Waals surface area contributed by atoms with Crippen molar-refractivity contribution in [3.05, 3.63) is 77.1 Å². The molecule has 0 radical (unpaired) electrons. The fourth-order valence-corrected chi connectivity index (χ4v) is 5.23. The molecule has 2 N–H and O–H groups in total. The van der Waals surface area contributed by atoms with Crippen molar-refractivity contribution < 1.29 is 32.2 Å². The third-order valence-corrected chi connectivity index (χ3v) is 7.41. The van der Waals surface area contributed by atoms with Gasteiger partial charge in [-0.25, -0.2) is 9.97 Å². The molecule has 5 aromatic rings. The number of anilines is 2. The number of imidazole rings is 1. The predicted molar refractivity (Wildman–Crippen MR) is 156 cm³/mol. The molecule has 0 bridgehead atoms. The Bertz CT molecular complexity index is 1900. The first-order valence-corrected chi connectivity index (χ1v) is 14.0. The van der Waals surface area contributed by atoms with Gasteiger partial charge in [-0.3, -0.25) is 18.7 Å². The van der Waals surface area contributed by atoms with E-state index in [9.17, 15) is 22.8 Å². The summed E-state index contributed by atoms with van der Waals surface area (Å²) in [7, 11) is 1.43. The monoisotopic (exact) mass is 656 g/mol. The zero-order chi connectivity index (χ0) is 32.4. The number of methoxy groups -OCH3 is 1. The summed E-state index contributed by atoms with van der Waals surface area (Å²) in [4.78, 5) is 34.1. The Kier molecular flexibility index (Phi) is 8.42. The molecule has 1 unspecified atom stereocenters. The Balaban J connectivity index is 1.27. The Morgan fingerprint density at radius 2 is 2.07 bits per heavy atom. The van der Waals surface area contributed by atoms with Gasteiger partial charge in [-0.1, -0.05) is 11.6 Å². The van der Waals surface area contributed by atoms with Crippen LogP contribution in [0.25, 0.3) is 16.9 Å². The SMILES string of the molecule is COc1ccc(Cn2cc(-c3cnc4c(Nc5ccc(C(=O)N6CCNCC6OC=O)c(Cl)c5)nccn34)c(C(F)(F)F)n2)nn1. The number of hydrogen-bond acceptors (Lipinski definition) is 11. The van der Waals surface area contributed by atoms with Crippen molar-refractivity contribution in [1.29, 1.82) is 0 Å². The average Bonchev–Trinajstić information content (AvgIpc) is 3.67. The maximum Gasteiger partial charge on any atom is 0.435 e. The zero-order valence-corrected chi connectivity index (χ0v) is 24.7. The number of nitrogens with one attached hydrogen (secondary N) is 2. The van der Waals surface area contributed by atoms with Crippen LogP contribution >= 0.6 is 11.6 Å². The van der Waals surface area contributed by atoms with E-state index < -0.39 is 24.0 Å². The highest BCUT2D eigenvalue weighted by atomic mass is 35.5. The van der Waals surface area contributed by atoms with Crippen molar-refractivity contribution in [2.24, 2.45) is 0 Å². The largest absolute Gasteiger partial charge is 0.480 e. The number of halogens is 4. The number of alkyl halides is 3. The molecule has 14 nitrogen and oxygen atoms in total. The van der Waals surface area contributed by atoms with Crippen molar-refractivity contribution in [3.63, 3.8) is 0 Å². The molecule has 1 fully saturated rings. The van der Waals surface area contributed by atoms with Gasteiger partial charge in [0, 0.05) is 43.4 Å². The first kappa shape index (κ1) is 30.7. The molecule has 5 heterocycles. The molecular formula is C28H24ClF3N10O4. The summed E-state index contributed by atoms with van der Waals surface area (Å²) in [5, 5.41) is 17.9. The molecule has 6 rings (SSSR count). The van der Waals surface area contributed by atoms with Crippen LogP contribution in [-0.2, 0) is 22.3 Å². The lowest BCUT2D eigenvalue weighted by atomic mass is 10.1. The third-order valence-electron chi connectivity index (χ3n) is 7.09. The van der Waals surface area contributed by atoms with Crippen molar-refractivity contribution in [1.82, 2.24) is 44.6 Å². The molecule has 1 aromatic carbocycles. The van der Waals surface area contributed by atoms with Crippen LogP contribution in [0.2, 0.25) is 5.02 Å². The van der Waals surface area contributed by atoms with Gasteiger partial charge in [0.2, 0.25) is 5.88 Å². The summed E-state index contributed by atoms with van der Waals surface area (Å²) in [6, 6.07) is 7.75. The summed E-state index contributed by atoms with van der Waals surface area (Å²) in [6.07, 6.45) is -0.0802. The Morgan fingerprint density at radius 3 is 2.78 bits per heavy atom. The van der Waals surface area contributed by atoms with E-state index in [1.807, 2.05) is 0 Å². The highest BCUT2D eigenvalue weighted by molar-refractivity contribution is 6.34. The second kappa shape index (κ2) is 12.6. The van der Waals surface area contributed by atoms with E-state index in [2.05, 4.69) is 35.9 Å². The Hall–Kier alpha value is -5.29. The third kappa shape index (κ3) is 6.14. The molecule has 18 heteroatoms. The van der Waals surface area contributed by atoms with Crippen LogP contribution in [0.3, 0.4) is 0 Å². The van der Waals surface area contributed by atoms with Gasteiger partial charge in [0.15, 0.2) is 23.4 Å². The van der Waals surface area contributed by atoms with E-state index in [1.54, 1.807) is 18.2 Å². The zero-order valence-electron chi connectivity index (χ0n) is 23.9. The molecular weight excluding hydrogens is 633 g/mol. The number of carbonyl (C=O) groups excluding carboxylic acids is 2. The van der Waals surface area contributed by atoms with Gasteiger partial charge < -0.3 is 25.0 Å². The molecule has 238 valence electrons. The van der Waals surface area contributed by atoms with E-state index in [0.29, 0.717) is 24.5 Å². The minimum Gasteiger partial charge on any atom is -0.480 e. The standard InChI is InChI=1S/C28H24ClF3N10O4/c1-45-22-5-3-17(37-38-22)13-40-14-19(24(39-40)28(30,31)32)21-11-35-26-25(34-7-9-41(21)26)36-16-2-4-18(20(29)10-16)27(44)42-8-6-33-12-23(42)46-15-43/h2-5,7,9-11,14-15,23,33H,6,8,12-13H2,1H3,(H,34,36). The van der Waals surface area contributed by atoms with E-state index in [0.717, 1.165) is 4.68 Å². The minimum atomic E-state index is -4.76. The predicted octanol–water partition coefficient (Wildman–Crippen LogP) is 3.40. The molecule has 1 saturated heterocycles. The Labute approximate surface area is 263 Å². The van der Waals surface area contributed by atoms with E-state index >= 15 is 0 Å². The molecule has 1 aliphatic heterocycles. The number of rotatable bonds is 9. The van der Waals surface area contributed by atoms with Crippen LogP contribution in [0.15, 0.2) is 55.1 Å². The van der Waals surface area contributed by atoms with Crippen molar-refractivity contribution in [3.8, 4) is 17.1 Å². The van der Waals surface area contributed by atoms with E-state index in [4.69, 9.17) is 21.1 Å². The van der Waals surface area contributed by atoms with Crippen LogP contribution in [0.1, 0.15) is 21.7 Å². The van der Waals surface area contributed by atoms with Crippen LogP contribution in [0.5, 0.6) is 5.88 Å².